The predicted octanol–water partition coefficient (Wildman–Crippen LogP) is 5.04. The Morgan fingerprint density at radius 2 is 1.57 bits per heavy atom. The number of aryl methyl sites for hydroxylation is 1. The van der Waals surface area contributed by atoms with E-state index in [2.05, 4.69) is 5.32 Å². The van der Waals surface area contributed by atoms with Crippen LogP contribution in [-0.4, -0.2) is 18.3 Å². The van der Waals surface area contributed by atoms with Gasteiger partial charge in [-0.1, -0.05) is 11.6 Å². The SMILES string of the molecule is Cc1cc(Cl)ccc1NC(=O)COc1ccc(C(=O)c2ccc(F)cc2)cc1. The number of amides is 1. The number of nitrogens with one attached hydrogen (secondary N) is 1. The van der Waals surface area contributed by atoms with Crippen LogP contribution in [0.2, 0.25) is 5.02 Å². The average Bonchev–Trinajstić information content (AvgIpc) is 2.69. The molecule has 0 aliphatic heterocycles. The molecule has 0 aliphatic rings. The highest BCUT2D eigenvalue weighted by molar-refractivity contribution is 6.30. The molecule has 3 aromatic carbocycles. The molecule has 0 saturated heterocycles. The highest BCUT2D eigenvalue weighted by Crippen LogP contribution is 2.20. The minimum atomic E-state index is -0.396. The predicted molar refractivity (Wildman–Crippen MR) is 107 cm³/mol. The Kier molecular flexibility index (Phi) is 6.06. The molecule has 3 rings (SSSR count). The summed E-state index contributed by atoms with van der Waals surface area (Å²) in [5, 5.41) is 3.36. The van der Waals surface area contributed by atoms with Crippen molar-refractivity contribution in [2.45, 2.75) is 6.92 Å². The van der Waals surface area contributed by atoms with Crippen LogP contribution >= 0.6 is 11.6 Å². The van der Waals surface area contributed by atoms with Crippen LogP contribution in [0.5, 0.6) is 5.75 Å². The summed E-state index contributed by atoms with van der Waals surface area (Å²) in [6.45, 7) is 1.67. The minimum Gasteiger partial charge on any atom is -0.484 e. The van der Waals surface area contributed by atoms with Crippen molar-refractivity contribution in [1.29, 1.82) is 0 Å². The molecule has 0 fully saturated rings. The van der Waals surface area contributed by atoms with Crippen molar-refractivity contribution in [2.75, 3.05) is 11.9 Å². The highest BCUT2D eigenvalue weighted by atomic mass is 35.5. The zero-order valence-corrected chi connectivity index (χ0v) is 15.8. The number of carbonyl (C=O) groups excluding carboxylic acids is 2. The third-order valence-corrected chi connectivity index (χ3v) is 4.29. The molecular weight excluding hydrogens is 381 g/mol. The number of halogens is 2. The highest BCUT2D eigenvalue weighted by Gasteiger charge is 2.10. The molecule has 28 heavy (non-hydrogen) atoms. The van der Waals surface area contributed by atoms with Crippen LogP contribution < -0.4 is 10.1 Å². The normalized spacial score (nSPS) is 10.4. The summed E-state index contributed by atoms with van der Waals surface area (Å²) >= 11 is 5.90. The standard InChI is InChI=1S/C22H17ClFNO3/c1-14-12-17(23)6-11-20(14)25-21(26)13-28-19-9-4-16(5-10-19)22(27)15-2-7-18(24)8-3-15/h2-12H,13H2,1H3,(H,25,26). The van der Waals surface area contributed by atoms with Gasteiger partial charge in [0.15, 0.2) is 12.4 Å². The van der Waals surface area contributed by atoms with Crippen molar-refractivity contribution in [2.24, 2.45) is 0 Å². The molecule has 142 valence electrons. The fourth-order valence-corrected chi connectivity index (χ4v) is 2.80. The van der Waals surface area contributed by atoms with Gasteiger partial charge in [-0.3, -0.25) is 9.59 Å². The lowest BCUT2D eigenvalue weighted by atomic mass is 10.0. The molecule has 0 aromatic heterocycles. The van der Waals surface area contributed by atoms with E-state index in [9.17, 15) is 14.0 Å². The number of rotatable bonds is 6. The van der Waals surface area contributed by atoms with Crippen LogP contribution in [0.15, 0.2) is 66.7 Å². The third-order valence-electron chi connectivity index (χ3n) is 4.06. The maximum absolute atomic E-state index is 13.0. The van der Waals surface area contributed by atoms with E-state index in [1.165, 1.54) is 24.3 Å². The first-order chi connectivity index (χ1) is 13.4. The lowest BCUT2D eigenvalue weighted by Gasteiger charge is -2.10. The Hall–Kier alpha value is -3.18. The van der Waals surface area contributed by atoms with E-state index in [1.807, 2.05) is 6.92 Å². The van der Waals surface area contributed by atoms with E-state index < -0.39 is 5.82 Å². The fraction of sp³-hybridized carbons (Fsp3) is 0.0909. The Bertz CT molecular complexity index is 1000. The van der Waals surface area contributed by atoms with Gasteiger partial charge < -0.3 is 10.1 Å². The van der Waals surface area contributed by atoms with Gasteiger partial charge in [0.05, 0.1) is 0 Å². The lowest BCUT2D eigenvalue weighted by molar-refractivity contribution is -0.118. The van der Waals surface area contributed by atoms with Crippen LogP contribution in [0.4, 0.5) is 10.1 Å². The van der Waals surface area contributed by atoms with Crippen molar-refractivity contribution in [3.05, 3.63) is 94.3 Å². The number of ketones is 1. The van der Waals surface area contributed by atoms with Gasteiger partial charge in [0.2, 0.25) is 0 Å². The Labute approximate surface area is 166 Å². The first-order valence-electron chi connectivity index (χ1n) is 8.51. The second-order valence-corrected chi connectivity index (χ2v) is 6.59. The summed E-state index contributed by atoms with van der Waals surface area (Å²) in [7, 11) is 0. The number of carbonyl (C=O) groups is 2. The van der Waals surface area contributed by atoms with Gasteiger partial charge in [0.25, 0.3) is 5.91 Å². The molecule has 0 atom stereocenters. The van der Waals surface area contributed by atoms with Gasteiger partial charge >= 0.3 is 0 Å². The summed E-state index contributed by atoms with van der Waals surface area (Å²) in [5.41, 5.74) is 2.36. The number of hydrogen-bond acceptors (Lipinski definition) is 3. The summed E-state index contributed by atoms with van der Waals surface area (Å²) in [6, 6.07) is 17.0. The zero-order chi connectivity index (χ0) is 20.1. The minimum absolute atomic E-state index is 0.173. The van der Waals surface area contributed by atoms with E-state index in [4.69, 9.17) is 16.3 Å². The molecule has 3 aromatic rings. The zero-order valence-electron chi connectivity index (χ0n) is 15.0. The quantitative estimate of drug-likeness (QED) is 0.593. The Morgan fingerprint density at radius 3 is 2.18 bits per heavy atom. The van der Waals surface area contributed by atoms with Crippen molar-refractivity contribution in [3.63, 3.8) is 0 Å². The van der Waals surface area contributed by atoms with Gasteiger partial charge in [0.1, 0.15) is 11.6 Å². The molecule has 0 heterocycles. The Morgan fingerprint density at radius 1 is 0.964 bits per heavy atom. The number of benzene rings is 3. The molecule has 0 aliphatic carbocycles. The van der Waals surface area contributed by atoms with Crippen molar-refractivity contribution >= 4 is 29.0 Å². The van der Waals surface area contributed by atoms with Crippen LogP contribution in [-0.2, 0) is 4.79 Å². The van der Waals surface area contributed by atoms with Crippen molar-refractivity contribution in [3.8, 4) is 5.75 Å². The molecule has 4 nitrogen and oxygen atoms in total. The maximum atomic E-state index is 13.0. The van der Waals surface area contributed by atoms with E-state index in [0.717, 1.165) is 5.56 Å². The van der Waals surface area contributed by atoms with Gasteiger partial charge in [-0.25, -0.2) is 4.39 Å². The topological polar surface area (TPSA) is 55.4 Å². The van der Waals surface area contributed by atoms with Crippen molar-refractivity contribution < 1.29 is 18.7 Å². The number of anilines is 1. The van der Waals surface area contributed by atoms with Gasteiger partial charge in [-0.05, 0) is 79.2 Å². The molecule has 0 bridgehead atoms. The van der Waals surface area contributed by atoms with Crippen molar-refractivity contribution in [1.82, 2.24) is 0 Å². The largest absolute Gasteiger partial charge is 0.484 e. The first-order valence-corrected chi connectivity index (χ1v) is 8.89. The van der Waals surface area contributed by atoms with Crippen LogP contribution in [0.1, 0.15) is 21.5 Å². The number of ether oxygens (including phenoxy) is 1. The molecular formula is C22H17ClFNO3. The molecule has 1 amide bonds. The summed E-state index contributed by atoms with van der Waals surface area (Å²) < 4.78 is 18.4. The third kappa shape index (κ3) is 4.96. The summed E-state index contributed by atoms with van der Waals surface area (Å²) in [5.74, 6) is -0.467. The van der Waals surface area contributed by atoms with Gasteiger partial charge in [-0.2, -0.15) is 0 Å². The van der Waals surface area contributed by atoms with E-state index >= 15 is 0 Å². The second kappa shape index (κ2) is 8.67. The monoisotopic (exact) mass is 397 g/mol. The smallest absolute Gasteiger partial charge is 0.262 e. The molecule has 6 heteroatoms. The fourth-order valence-electron chi connectivity index (χ4n) is 2.57. The van der Waals surface area contributed by atoms with Gasteiger partial charge in [0, 0.05) is 21.8 Å². The van der Waals surface area contributed by atoms with E-state index in [0.29, 0.717) is 27.6 Å². The molecule has 0 saturated carbocycles. The molecule has 0 radical (unpaired) electrons. The average molecular weight is 398 g/mol. The molecule has 1 N–H and O–H groups in total. The summed E-state index contributed by atoms with van der Waals surface area (Å²) in [4.78, 5) is 24.4. The molecule has 0 unspecified atom stereocenters. The van der Waals surface area contributed by atoms with Gasteiger partial charge in [-0.15, -0.1) is 0 Å². The Balaban J connectivity index is 1.57. The van der Waals surface area contributed by atoms with Crippen LogP contribution in [0.25, 0.3) is 0 Å². The maximum Gasteiger partial charge on any atom is 0.262 e. The second-order valence-electron chi connectivity index (χ2n) is 6.16. The summed E-state index contributed by atoms with van der Waals surface area (Å²) in [6.07, 6.45) is 0. The first kappa shape index (κ1) is 19.6. The van der Waals surface area contributed by atoms with E-state index in [1.54, 1.807) is 42.5 Å². The lowest BCUT2D eigenvalue weighted by Crippen LogP contribution is -2.20. The van der Waals surface area contributed by atoms with Crippen LogP contribution in [0, 0.1) is 12.7 Å². The number of hydrogen-bond donors (Lipinski definition) is 1. The van der Waals surface area contributed by atoms with E-state index in [-0.39, 0.29) is 18.3 Å². The molecule has 0 spiro atoms. The van der Waals surface area contributed by atoms with Crippen LogP contribution in [0.3, 0.4) is 0 Å².